The largest absolute Gasteiger partial charge is 0.379 e. The molecular weight excluding hydrogens is 352 g/mol. The number of benzene rings is 1. The maximum Gasteiger partial charge on any atom is 0.191 e. The third-order valence-corrected chi connectivity index (χ3v) is 5.14. The maximum atomic E-state index is 5.46. The summed E-state index contributed by atoms with van der Waals surface area (Å²) in [5.41, 5.74) is 2.32. The Morgan fingerprint density at radius 2 is 1.93 bits per heavy atom. The zero-order valence-corrected chi connectivity index (χ0v) is 17.2. The molecule has 0 radical (unpaired) electrons. The van der Waals surface area contributed by atoms with Gasteiger partial charge in [0.2, 0.25) is 0 Å². The van der Waals surface area contributed by atoms with E-state index in [1.165, 1.54) is 5.56 Å². The van der Waals surface area contributed by atoms with Crippen molar-refractivity contribution in [1.29, 1.82) is 0 Å². The van der Waals surface area contributed by atoms with Crippen LogP contribution in [0.5, 0.6) is 0 Å². The van der Waals surface area contributed by atoms with Gasteiger partial charge >= 0.3 is 0 Å². The van der Waals surface area contributed by atoms with E-state index in [-0.39, 0.29) is 5.54 Å². The number of aromatic nitrogens is 2. The van der Waals surface area contributed by atoms with E-state index in [0.717, 1.165) is 57.5 Å². The van der Waals surface area contributed by atoms with Crippen molar-refractivity contribution in [3.8, 4) is 5.69 Å². The van der Waals surface area contributed by atoms with E-state index in [9.17, 15) is 0 Å². The summed E-state index contributed by atoms with van der Waals surface area (Å²) in [6.07, 6.45) is 4.89. The highest BCUT2D eigenvalue weighted by Gasteiger charge is 2.28. The van der Waals surface area contributed by atoms with E-state index in [1.54, 1.807) is 0 Å². The molecule has 0 atom stereocenters. The highest BCUT2D eigenvalue weighted by atomic mass is 16.5. The summed E-state index contributed by atoms with van der Waals surface area (Å²) >= 11 is 0. The molecule has 0 spiro atoms. The van der Waals surface area contributed by atoms with Gasteiger partial charge < -0.3 is 15.4 Å². The van der Waals surface area contributed by atoms with Crippen LogP contribution in [0.25, 0.3) is 5.69 Å². The molecule has 0 aliphatic carbocycles. The van der Waals surface area contributed by atoms with Crippen LogP contribution in [0.1, 0.15) is 19.4 Å². The zero-order chi connectivity index (χ0) is 19.8. The molecule has 0 unspecified atom stereocenters. The lowest BCUT2D eigenvalue weighted by molar-refractivity contribution is -0.00833. The molecule has 0 bridgehead atoms. The van der Waals surface area contributed by atoms with Crippen LogP contribution in [0.4, 0.5) is 0 Å². The molecular formula is C21H32N6O. The highest BCUT2D eigenvalue weighted by Crippen LogP contribution is 2.15. The number of rotatable bonds is 7. The molecule has 1 aliphatic heterocycles. The minimum absolute atomic E-state index is 0.0538. The molecule has 1 aromatic carbocycles. The minimum Gasteiger partial charge on any atom is -0.379 e. The number of aliphatic imine (C=N–C) groups is 1. The highest BCUT2D eigenvalue weighted by molar-refractivity contribution is 5.79. The molecule has 1 fully saturated rings. The average Bonchev–Trinajstić information content (AvgIpc) is 3.21. The third-order valence-electron chi connectivity index (χ3n) is 5.14. The Hall–Kier alpha value is -2.38. The van der Waals surface area contributed by atoms with Crippen LogP contribution in [0.15, 0.2) is 47.7 Å². The Balaban J connectivity index is 1.44. The first kappa shape index (κ1) is 20.4. The van der Waals surface area contributed by atoms with E-state index in [2.05, 4.69) is 57.8 Å². The molecule has 1 aliphatic rings. The van der Waals surface area contributed by atoms with Crippen LogP contribution in [-0.2, 0) is 11.2 Å². The summed E-state index contributed by atoms with van der Waals surface area (Å²) in [6, 6.07) is 10.2. The first-order valence-electron chi connectivity index (χ1n) is 9.95. The monoisotopic (exact) mass is 384 g/mol. The summed E-state index contributed by atoms with van der Waals surface area (Å²) in [4.78, 5) is 6.82. The van der Waals surface area contributed by atoms with E-state index < -0.39 is 0 Å². The predicted octanol–water partition coefficient (Wildman–Crippen LogP) is 1.69. The van der Waals surface area contributed by atoms with Crippen LogP contribution in [0.2, 0.25) is 0 Å². The molecule has 1 saturated heterocycles. The first-order valence-corrected chi connectivity index (χ1v) is 9.95. The number of para-hydroxylation sites is 1. The number of nitrogens with zero attached hydrogens (tertiary/aromatic N) is 4. The molecule has 0 amide bonds. The van der Waals surface area contributed by atoms with Gasteiger partial charge in [0, 0.05) is 45.0 Å². The van der Waals surface area contributed by atoms with Crippen LogP contribution in [-0.4, -0.2) is 72.6 Å². The van der Waals surface area contributed by atoms with Gasteiger partial charge in [-0.25, -0.2) is 4.68 Å². The van der Waals surface area contributed by atoms with Crippen LogP contribution in [0.3, 0.4) is 0 Å². The van der Waals surface area contributed by atoms with Gasteiger partial charge in [-0.3, -0.25) is 9.89 Å². The normalized spacial score (nSPS) is 16.2. The minimum atomic E-state index is 0.0538. The first-order chi connectivity index (χ1) is 13.6. The molecule has 3 rings (SSSR count). The van der Waals surface area contributed by atoms with Crippen molar-refractivity contribution < 1.29 is 4.74 Å². The molecule has 7 nitrogen and oxygen atoms in total. The Bertz CT molecular complexity index is 749. The quantitative estimate of drug-likeness (QED) is 0.562. The van der Waals surface area contributed by atoms with Crippen LogP contribution < -0.4 is 10.6 Å². The number of ether oxygens (including phenoxy) is 1. The molecule has 2 aromatic rings. The fourth-order valence-corrected chi connectivity index (χ4v) is 3.34. The van der Waals surface area contributed by atoms with E-state index in [1.807, 2.05) is 36.1 Å². The summed E-state index contributed by atoms with van der Waals surface area (Å²) in [6.45, 7) is 9.74. The number of hydrogen-bond donors (Lipinski definition) is 2. The van der Waals surface area contributed by atoms with Crippen molar-refractivity contribution in [2.45, 2.75) is 25.8 Å². The van der Waals surface area contributed by atoms with E-state index in [0.29, 0.717) is 0 Å². The third kappa shape index (κ3) is 5.56. The Morgan fingerprint density at radius 3 is 2.64 bits per heavy atom. The summed E-state index contributed by atoms with van der Waals surface area (Å²) in [5, 5.41) is 11.3. The second-order valence-corrected chi connectivity index (χ2v) is 7.64. The van der Waals surface area contributed by atoms with Crippen molar-refractivity contribution in [3.63, 3.8) is 0 Å². The SMILES string of the molecule is CN=C(NCCc1cnn(-c2ccccc2)c1)NCC(C)(C)N1CCOCC1. The second kappa shape index (κ2) is 9.71. The van der Waals surface area contributed by atoms with Gasteiger partial charge in [-0.05, 0) is 38.0 Å². The number of guanidine groups is 1. The lowest BCUT2D eigenvalue weighted by Crippen LogP contribution is -2.56. The Morgan fingerprint density at radius 1 is 1.18 bits per heavy atom. The van der Waals surface area contributed by atoms with Crippen molar-refractivity contribution in [2.24, 2.45) is 4.99 Å². The summed E-state index contributed by atoms with van der Waals surface area (Å²) in [7, 11) is 1.81. The molecule has 0 saturated carbocycles. The lowest BCUT2D eigenvalue weighted by Gasteiger charge is -2.41. The van der Waals surface area contributed by atoms with Crippen molar-refractivity contribution in [2.75, 3.05) is 46.4 Å². The number of hydrogen-bond acceptors (Lipinski definition) is 4. The summed E-state index contributed by atoms with van der Waals surface area (Å²) in [5.74, 6) is 0.830. The molecule has 28 heavy (non-hydrogen) atoms. The zero-order valence-electron chi connectivity index (χ0n) is 17.2. The van der Waals surface area contributed by atoms with Crippen molar-refractivity contribution in [3.05, 3.63) is 48.3 Å². The lowest BCUT2D eigenvalue weighted by atomic mass is 10.0. The van der Waals surface area contributed by atoms with Crippen molar-refractivity contribution >= 4 is 5.96 Å². The molecule has 7 heteroatoms. The van der Waals surface area contributed by atoms with Crippen LogP contribution >= 0.6 is 0 Å². The topological polar surface area (TPSA) is 66.7 Å². The Labute approximate surface area is 167 Å². The maximum absolute atomic E-state index is 5.46. The van der Waals surface area contributed by atoms with E-state index in [4.69, 9.17) is 4.74 Å². The van der Waals surface area contributed by atoms with Gasteiger partial charge in [0.1, 0.15) is 0 Å². The fourth-order valence-electron chi connectivity index (χ4n) is 3.34. The second-order valence-electron chi connectivity index (χ2n) is 7.64. The standard InChI is InChI=1S/C21H32N6O/c1-21(2,26-11-13-28-14-12-26)17-24-20(22-3)23-10-9-18-15-25-27(16-18)19-7-5-4-6-8-19/h4-8,15-16H,9-14,17H2,1-3H3,(H2,22,23,24). The molecule has 2 heterocycles. The van der Waals surface area contributed by atoms with Gasteiger partial charge in [-0.2, -0.15) is 5.10 Å². The predicted molar refractivity (Wildman–Crippen MR) is 113 cm³/mol. The van der Waals surface area contributed by atoms with Gasteiger partial charge in [-0.15, -0.1) is 0 Å². The fraction of sp³-hybridized carbons (Fsp3) is 0.524. The van der Waals surface area contributed by atoms with Crippen LogP contribution in [0, 0.1) is 0 Å². The van der Waals surface area contributed by atoms with Gasteiger partial charge in [0.25, 0.3) is 0 Å². The van der Waals surface area contributed by atoms with Gasteiger partial charge in [0.05, 0.1) is 25.1 Å². The van der Waals surface area contributed by atoms with Crippen molar-refractivity contribution in [1.82, 2.24) is 25.3 Å². The Kier molecular flexibility index (Phi) is 7.06. The molecule has 152 valence electrons. The van der Waals surface area contributed by atoms with Gasteiger partial charge in [-0.1, -0.05) is 18.2 Å². The molecule has 1 aromatic heterocycles. The molecule has 2 N–H and O–H groups in total. The number of nitrogens with one attached hydrogen (secondary N) is 2. The number of morpholine rings is 1. The smallest absolute Gasteiger partial charge is 0.191 e. The van der Waals surface area contributed by atoms with Gasteiger partial charge in [0.15, 0.2) is 5.96 Å². The average molecular weight is 385 g/mol. The van der Waals surface area contributed by atoms with E-state index >= 15 is 0 Å². The summed E-state index contributed by atoms with van der Waals surface area (Å²) < 4.78 is 7.37.